The lowest BCUT2D eigenvalue weighted by atomic mass is 9.54. The summed E-state index contributed by atoms with van der Waals surface area (Å²) < 4.78 is 9.93. The van der Waals surface area contributed by atoms with Crippen molar-refractivity contribution >= 4 is 23.9 Å². The van der Waals surface area contributed by atoms with E-state index < -0.39 is 53.0 Å². The van der Waals surface area contributed by atoms with Gasteiger partial charge in [0.1, 0.15) is 0 Å². The molecule has 0 spiro atoms. The van der Waals surface area contributed by atoms with Crippen molar-refractivity contribution in [1.29, 1.82) is 0 Å². The second-order valence-corrected chi connectivity index (χ2v) is 7.35. The van der Waals surface area contributed by atoms with Crippen LogP contribution >= 0.6 is 0 Å². The molecular weight excluding hydrogens is 300 g/mol. The molecule has 0 aromatic rings. The van der Waals surface area contributed by atoms with Crippen LogP contribution in [0.1, 0.15) is 40.5 Å². The topological polar surface area (TPSA) is 86.7 Å². The quantitative estimate of drug-likeness (QED) is 0.581. The number of hydrogen-bond donors (Lipinski definition) is 0. The van der Waals surface area contributed by atoms with Gasteiger partial charge in [0.15, 0.2) is 0 Å². The highest BCUT2D eigenvalue weighted by Crippen LogP contribution is 2.61. The normalized spacial score (nSPS) is 40.7. The maximum Gasteiger partial charge on any atom is 0.320 e. The molecule has 3 rings (SSSR count). The highest BCUT2D eigenvalue weighted by Gasteiger charge is 2.71. The summed E-state index contributed by atoms with van der Waals surface area (Å²) in [4.78, 5) is 49.4. The Morgan fingerprint density at radius 3 is 2.17 bits per heavy atom. The van der Waals surface area contributed by atoms with E-state index in [4.69, 9.17) is 9.47 Å². The number of rotatable bonds is 3. The van der Waals surface area contributed by atoms with Crippen LogP contribution in [-0.4, -0.2) is 23.9 Å². The molecule has 0 amide bonds. The van der Waals surface area contributed by atoms with E-state index in [2.05, 4.69) is 0 Å². The van der Waals surface area contributed by atoms with Gasteiger partial charge in [-0.3, -0.25) is 19.2 Å². The monoisotopic (exact) mass is 322 g/mol. The Morgan fingerprint density at radius 1 is 1.00 bits per heavy atom. The zero-order chi connectivity index (χ0) is 17.1. The highest BCUT2D eigenvalue weighted by atomic mass is 16.6. The summed E-state index contributed by atoms with van der Waals surface area (Å²) in [5.41, 5.74) is -0.948. The van der Waals surface area contributed by atoms with Crippen LogP contribution in [0.25, 0.3) is 0 Å². The molecule has 4 unspecified atom stereocenters. The zero-order valence-corrected chi connectivity index (χ0v) is 13.8. The van der Waals surface area contributed by atoms with Crippen molar-refractivity contribution in [1.82, 2.24) is 0 Å². The summed E-state index contributed by atoms with van der Waals surface area (Å²) in [5, 5.41) is 0. The molecule has 0 aromatic heterocycles. The Bertz CT molecular complexity index is 594. The van der Waals surface area contributed by atoms with Gasteiger partial charge in [-0.05, 0) is 18.3 Å². The minimum absolute atomic E-state index is 0.0714. The maximum atomic E-state index is 12.8. The number of fused-ring (bicyclic) bond motifs is 5. The predicted molar refractivity (Wildman–Crippen MR) is 77.5 cm³/mol. The van der Waals surface area contributed by atoms with Gasteiger partial charge in [0.2, 0.25) is 0 Å². The molecule has 3 aliphatic rings. The first-order valence-corrected chi connectivity index (χ1v) is 8.28. The van der Waals surface area contributed by atoms with Gasteiger partial charge in [-0.15, -0.1) is 0 Å². The fourth-order valence-electron chi connectivity index (χ4n) is 5.19. The third kappa shape index (κ3) is 1.86. The molecule has 2 aliphatic heterocycles. The molecular formula is C17H22O6. The molecule has 3 fully saturated rings. The molecule has 1 saturated carbocycles. The molecule has 6 heteroatoms. The van der Waals surface area contributed by atoms with Crippen LogP contribution in [0.15, 0.2) is 0 Å². The minimum Gasteiger partial charge on any atom is -0.393 e. The van der Waals surface area contributed by atoms with E-state index in [-0.39, 0.29) is 18.3 Å². The Morgan fingerprint density at radius 2 is 1.61 bits per heavy atom. The highest BCUT2D eigenvalue weighted by molar-refractivity contribution is 6.01. The average molecular weight is 322 g/mol. The van der Waals surface area contributed by atoms with Crippen LogP contribution in [-0.2, 0) is 28.7 Å². The molecule has 6 atom stereocenters. The molecule has 2 saturated heterocycles. The second kappa shape index (κ2) is 5.14. The predicted octanol–water partition coefficient (Wildman–Crippen LogP) is 1.71. The third-order valence-electron chi connectivity index (χ3n) is 6.32. The number of cyclic esters (lactones) is 4. The molecule has 2 bridgehead atoms. The van der Waals surface area contributed by atoms with Crippen molar-refractivity contribution in [3.63, 3.8) is 0 Å². The summed E-state index contributed by atoms with van der Waals surface area (Å²) >= 11 is 0. The first-order valence-electron chi connectivity index (χ1n) is 8.28. The van der Waals surface area contributed by atoms with Gasteiger partial charge in [0, 0.05) is 5.92 Å². The van der Waals surface area contributed by atoms with Crippen molar-refractivity contribution < 1.29 is 28.7 Å². The van der Waals surface area contributed by atoms with Crippen LogP contribution in [0.3, 0.4) is 0 Å². The van der Waals surface area contributed by atoms with Crippen molar-refractivity contribution in [2.45, 2.75) is 40.5 Å². The van der Waals surface area contributed by atoms with Gasteiger partial charge in [0.25, 0.3) is 0 Å². The van der Waals surface area contributed by atoms with Gasteiger partial charge in [-0.2, -0.15) is 0 Å². The van der Waals surface area contributed by atoms with E-state index in [1.165, 1.54) is 0 Å². The molecule has 0 radical (unpaired) electrons. The number of hydrogen-bond acceptors (Lipinski definition) is 6. The van der Waals surface area contributed by atoms with Gasteiger partial charge in [-0.25, -0.2) is 0 Å². The van der Waals surface area contributed by atoms with E-state index in [9.17, 15) is 19.2 Å². The van der Waals surface area contributed by atoms with Gasteiger partial charge < -0.3 is 9.47 Å². The summed E-state index contributed by atoms with van der Waals surface area (Å²) in [7, 11) is 0. The Labute approximate surface area is 134 Å². The van der Waals surface area contributed by atoms with Gasteiger partial charge in [-0.1, -0.05) is 34.1 Å². The number of carbonyl (C=O) groups is 4. The van der Waals surface area contributed by atoms with E-state index in [0.29, 0.717) is 6.42 Å². The molecule has 1 aliphatic carbocycles. The summed E-state index contributed by atoms with van der Waals surface area (Å²) in [6.45, 7) is 7.74. The van der Waals surface area contributed by atoms with Crippen molar-refractivity contribution in [2.75, 3.05) is 0 Å². The fourth-order valence-corrected chi connectivity index (χ4v) is 5.19. The lowest BCUT2D eigenvalue weighted by molar-refractivity contribution is -0.197. The largest absolute Gasteiger partial charge is 0.393 e. The number of ether oxygens (including phenoxy) is 2. The average Bonchev–Trinajstić information content (AvgIpc) is 2.83. The van der Waals surface area contributed by atoms with Crippen LogP contribution in [0.5, 0.6) is 0 Å². The summed E-state index contributed by atoms with van der Waals surface area (Å²) in [5.74, 6) is -5.23. The molecule has 0 aromatic carbocycles. The standard InChI is InChI=1S/C17H22O6/c1-5-8(4)17(7(2)3)12-10-6-9(13(18)22-14(10)19)11(12)15(20)23-16(17)21/h7-12H,5-6H2,1-4H3/t8-,9?,10?,11?,12?,17+/m1/s1. The van der Waals surface area contributed by atoms with E-state index in [0.717, 1.165) is 0 Å². The number of esters is 4. The van der Waals surface area contributed by atoms with Crippen LogP contribution in [0.2, 0.25) is 0 Å². The van der Waals surface area contributed by atoms with Crippen LogP contribution in [0, 0.1) is 40.9 Å². The van der Waals surface area contributed by atoms with Crippen molar-refractivity contribution in [2.24, 2.45) is 40.9 Å². The first-order chi connectivity index (χ1) is 10.8. The second-order valence-electron chi connectivity index (χ2n) is 7.35. The summed E-state index contributed by atoms with van der Waals surface area (Å²) in [6.07, 6.45) is 0.991. The minimum atomic E-state index is -0.948. The van der Waals surface area contributed by atoms with Gasteiger partial charge in [0.05, 0.1) is 23.2 Å². The van der Waals surface area contributed by atoms with Crippen LogP contribution < -0.4 is 0 Å². The number of carbonyl (C=O) groups excluding carboxylic acids is 4. The zero-order valence-electron chi connectivity index (χ0n) is 13.8. The molecule has 23 heavy (non-hydrogen) atoms. The Hall–Kier alpha value is -1.72. The van der Waals surface area contributed by atoms with E-state index >= 15 is 0 Å². The lowest BCUT2D eigenvalue weighted by Crippen LogP contribution is -2.58. The Balaban J connectivity index is 2.20. The lowest BCUT2D eigenvalue weighted by Gasteiger charge is -2.49. The first kappa shape index (κ1) is 16.1. The van der Waals surface area contributed by atoms with E-state index in [1.54, 1.807) is 0 Å². The molecule has 0 N–H and O–H groups in total. The third-order valence-corrected chi connectivity index (χ3v) is 6.32. The SMILES string of the molecule is CC[C@@H](C)[C@]1(C(C)C)C(=O)OC(=O)C2C3CC(C(=O)OC3=O)C21. The van der Waals surface area contributed by atoms with Crippen molar-refractivity contribution in [3.05, 3.63) is 0 Å². The van der Waals surface area contributed by atoms with E-state index in [1.807, 2.05) is 27.7 Å². The van der Waals surface area contributed by atoms with Crippen LogP contribution in [0.4, 0.5) is 0 Å². The molecule has 6 nitrogen and oxygen atoms in total. The summed E-state index contributed by atoms with van der Waals surface area (Å²) in [6, 6.07) is 0. The Kier molecular flexibility index (Phi) is 3.61. The van der Waals surface area contributed by atoms with Gasteiger partial charge >= 0.3 is 23.9 Å². The molecule has 126 valence electrons. The fraction of sp³-hybridized carbons (Fsp3) is 0.765. The van der Waals surface area contributed by atoms with Crippen molar-refractivity contribution in [3.8, 4) is 0 Å². The molecule has 2 heterocycles. The smallest absolute Gasteiger partial charge is 0.320 e. The maximum absolute atomic E-state index is 12.8.